The molecule has 2 aliphatic heterocycles. The number of halogens is 1. The first kappa shape index (κ1) is 18.0. The molecule has 6 heteroatoms. The Morgan fingerprint density at radius 1 is 1.15 bits per heavy atom. The normalized spacial score (nSPS) is 18.7. The Hall–Kier alpha value is -1.37. The van der Waals surface area contributed by atoms with Gasteiger partial charge in [-0.15, -0.1) is 23.1 Å². The summed E-state index contributed by atoms with van der Waals surface area (Å²) in [5, 5.41) is 2.20. The van der Waals surface area contributed by atoms with Crippen molar-refractivity contribution in [3.8, 4) is 0 Å². The summed E-state index contributed by atoms with van der Waals surface area (Å²) in [6.07, 6.45) is 3.29. The lowest BCUT2D eigenvalue weighted by molar-refractivity contribution is -0.129. The monoisotopic (exact) mass is 390 g/mol. The predicted octanol–water partition coefficient (Wildman–Crippen LogP) is 4.03. The van der Waals surface area contributed by atoms with Gasteiger partial charge in [0.2, 0.25) is 5.91 Å². The number of piperidine rings is 1. The van der Waals surface area contributed by atoms with E-state index in [1.165, 1.54) is 35.9 Å². The molecule has 1 aromatic heterocycles. The van der Waals surface area contributed by atoms with Crippen LogP contribution in [0.3, 0.4) is 0 Å². The van der Waals surface area contributed by atoms with E-state index in [0.717, 1.165) is 43.9 Å². The summed E-state index contributed by atoms with van der Waals surface area (Å²) in [4.78, 5) is 19.6. The number of likely N-dealkylation sites (tertiary alicyclic amines) is 1. The second kappa shape index (κ2) is 8.11. The minimum Gasteiger partial charge on any atom is -0.342 e. The maximum Gasteiger partial charge on any atom is 0.232 e. The molecule has 1 fully saturated rings. The Morgan fingerprint density at radius 3 is 2.69 bits per heavy atom. The van der Waals surface area contributed by atoms with E-state index in [4.69, 9.17) is 0 Å². The standard InChI is InChI=1S/C20H23FN2OS2/c21-16-1-3-18(4-2-16)26-14-20(24)22-9-5-17(6-10-22)23-11-7-19-15(13-23)8-12-25-19/h1-4,8,12,17H,5-7,9-11,13-14H2. The summed E-state index contributed by atoms with van der Waals surface area (Å²) < 4.78 is 12.9. The van der Waals surface area contributed by atoms with E-state index in [9.17, 15) is 9.18 Å². The zero-order chi connectivity index (χ0) is 17.9. The van der Waals surface area contributed by atoms with Crippen LogP contribution in [-0.2, 0) is 17.8 Å². The molecule has 26 heavy (non-hydrogen) atoms. The molecule has 2 aromatic rings. The average Bonchev–Trinajstić information content (AvgIpc) is 3.15. The minimum atomic E-state index is -0.241. The number of amides is 1. The van der Waals surface area contributed by atoms with Gasteiger partial charge < -0.3 is 4.90 Å². The summed E-state index contributed by atoms with van der Waals surface area (Å²) in [6.45, 7) is 3.91. The number of hydrogen-bond donors (Lipinski definition) is 0. The number of carbonyl (C=O) groups excluding carboxylic acids is 1. The average molecular weight is 391 g/mol. The third-order valence-corrected chi connectivity index (χ3v) is 7.37. The molecule has 0 unspecified atom stereocenters. The van der Waals surface area contributed by atoms with Gasteiger partial charge in [-0.3, -0.25) is 9.69 Å². The number of thiophene rings is 1. The van der Waals surface area contributed by atoms with Crippen LogP contribution < -0.4 is 0 Å². The molecule has 138 valence electrons. The van der Waals surface area contributed by atoms with E-state index >= 15 is 0 Å². The molecular weight excluding hydrogens is 367 g/mol. The van der Waals surface area contributed by atoms with Gasteiger partial charge in [0, 0.05) is 42.0 Å². The number of carbonyl (C=O) groups is 1. The van der Waals surface area contributed by atoms with Gasteiger partial charge in [-0.2, -0.15) is 0 Å². The molecule has 0 spiro atoms. The molecule has 4 rings (SSSR count). The lowest BCUT2D eigenvalue weighted by Gasteiger charge is -2.40. The van der Waals surface area contributed by atoms with Gasteiger partial charge in [-0.25, -0.2) is 4.39 Å². The van der Waals surface area contributed by atoms with E-state index in [1.807, 2.05) is 16.2 Å². The lowest BCUT2D eigenvalue weighted by Crippen LogP contribution is -2.48. The van der Waals surface area contributed by atoms with Gasteiger partial charge >= 0.3 is 0 Å². The minimum absolute atomic E-state index is 0.191. The number of thioether (sulfide) groups is 1. The van der Waals surface area contributed by atoms with Crippen molar-refractivity contribution in [2.45, 2.75) is 36.7 Å². The maximum atomic E-state index is 12.9. The number of nitrogens with zero attached hydrogens (tertiary/aromatic N) is 2. The predicted molar refractivity (Wildman–Crippen MR) is 105 cm³/mol. The van der Waals surface area contributed by atoms with Crippen molar-refractivity contribution in [3.05, 3.63) is 52.0 Å². The van der Waals surface area contributed by atoms with E-state index in [1.54, 1.807) is 17.0 Å². The Morgan fingerprint density at radius 2 is 1.92 bits per heavy atom. The molecule has 1 saturated heterocycles. The van der Waals surface area contributed by atoms with Crippen LogP contribution in [0, 0.1) is 5.82 Å². The maximum absolute atomic E-state index is 12.9. The van der Waals surface area contributed by atoms with Gasteiger partial charge in [0.05, 0.1) is 5.75 Å². The molecule has 0 radical (unpaired) electrons. The molecule has 1 amide bonds. The van der Waals surface area contributed by atoms with Crippen molar-refractivity contribution in [1.82, 2.24) is 9.80 Å². The second-order valence-corrected chi connectivity index (χ2v) is 8.99. The van der Waals surface area contributed by atoms with E-state index < -0.39 is 0 Å². The fraction of sp³-hybridized carbons (Fsp3) is 0.450. The number of hydrogen-bond acceptors (Lipinski definition) is 4. The third kappa shape index (κ3) is 4.13. The summed E-state index contributed by atoms with van der Waals surface area (Å²) in [7, 11) is 0. The Bertz CT molecular complexity index is 753. The highest BCUT2D eigenvalue weighted by Gasteiger charge is 2.29. The van der Waals surface area contributed by atoms with Gasteiger partial charge in [-0.05, 0) is 60.5 Å². The van der Waals surface area contributed by atoms with Crippen LogP contribution in [0.2, 0.25) is 0 Å². The topological polar surface area (TPSA) is 23.6 Å². The van der Waals surface area contributed by atoms with Gasteiger partial charge in [0.15, 0.2) is 0 Å². The van der Waals surface area contributed by atoms with Crippen molar-refractivity contribution in [1.29, 1.82) is 0 Å². The highest BCUT2D eigenvalue weighted by Crippen LogP contribution is 2.28. The fourth-order valence-electron chi connectivity index (χ4n) is 3.83. The molecule has 0 aliphatic carbocycles. The van der Waals surface area contributed by atoms with E-state index in [0.29, 0.717) is 11.8 Å². The van der Waals surface area contributed by atoms with Gasteiger partial charge in [0.1, 0.15) is 5.82 Å². The smallest absolute Gasteiger partial charge is 0.232 e. The molecule has 0 bridgehead atoms. The van der Waals surface area contributed by atoms with Gasteiger partial charge in [0.25, 0.3) is 0 Å². The van der Waals surface area contributed by atoms with Crippen LogP contribution in [0.25, 0.3) is 0 Å². The zero-order valence-electron chi connectivity index (χ0n) is 14.7. The largest absolute Gasteiger partial charge is 0.342 e. The van der Waals surface area contributed by atoms with Crippen molar-refractivity contribution >= 4 is 29.0 Å². The first-order valence-corrected chi connectivity index (χ1v) is 11.0. The number of fused-ring (bicyclic) bond motifs is 1. The SMILES string of the molecule is O=C(CSc1ccc(F)cc1)N1CCC(N2CCc3sccc3C2)CC1. The first-order chi connectivity index (χ1) is 12.7. The summed E-state index contributed by atoms with van der Waals surface area (Å²) in [5.74, 6) is 0.379. The molecule has 2 aliphatic rings. The van der Waals surface area contributed by atoms with Crippen LogP contribution in [0.5, 0.6) is 0 Å². The van der Waals surface area contributed by atoms with Crippen LogP contribution in [0.15, 0.2) is 40.6 Å². The van der Waals surface area contributed by atoms with Crippen molar-refractivity contribution in [2.75, 3.05) is 25.4 Å². The Labute approximate surface area is 162 Å². The summed E-state index contributed by atoms with van der Waals surface area (Å²) in [5.41, 5.74) is 1.50. The third-order valence-electron chi connectivity index (χ3n) is 5.35. The highest BCUT2D eigenvalue weighted by atomic mass is 32.2. The molecule has 3 heterocycles. The summed E-state index contributed by atoms with van der Waals surface area (Å²) >= 11 is 3.37. The van der Waals surface area contributed by atoms with Crippen LogP contribution in [0.1, 0.15) is 23.3 Å². The molecule has 0 atom stereocenters. The molecule has 3 nitrogen and oxygen atoms in total. The second-order valence-electron chi connectivity index (χ2n) is 6.94. The van der Waals surface area contributed by atoms with Crippen LogP contribution >= 0.6 is 23.1 Å². The Kier molecular flexibility index (Phi) is 5.62. The van der Waals surface area contributed by atoms with Gasteiger partial charge in [-0.1, -0.05) is 0 Å². The number of rotatable bonds is 4. The molecule has 0 saturated carbocycles. The van der Waals surface area contributed by atoms with E-state index in [2.05, 4.69) is 16.3 Å². The van der Waals surface area contributed by atoms with Crippen LogP contribution in [-0.4, -0.2) is 47.1 Å². The Balaban J connectivity index is 1.24. The van der Waals surface area contributed by atoms with Crippen molar-refractivity contribution in [2.24, 2.45) is 0 Å². The molecule has 0 N–H and O–H groups in total. The lowest BCUT2D eigenvalue weighted by atomic mass is 9.99. The first-order valence-electron chi connectivity index (χ1n) is 9.14. The number of benzene rings is 1. The van der Waals surface area contributed by atoms with Crippen molar-refractivity contribution < 1.29 is 9.18 Å². The fourth-order valence-corrected chi connectivity index (χ4v) is 5.52. The quantitative estimate of drug-likeness (QED) is 0.737. The summed E-state index contributed by atoms with van der Waals surface area (Å²) in [6, 6.07) is 9.20. The highest BCUT2D eigenvalue weighted by molar-refractivity contribution is 8.00. The van der Waals surface area contributed by atoms with Crippen LogP contribution in [0.4, 0.5) is 4.39 Å². The zero-order valence-corrected chi connectivity index (χ0v) is 16.3. The molecule has 1 aromatic carbocycles. The molecular formula is C20H23FN2OS2. The van der Waals surface area contributed by atoms with E-state index in [-0.39, 0.29) is 11.7 Å². The van der Waals surface area contributed by atoms with Crippen molar-refractivity contribution in [3.63, 3.8) is 0 Å².